The number of rotatable bonds is 5. The van der Waals surface area contributed by atoms with Crippen LogP contribution in [0.2, 0.25) is 0 Å². The van der Waals surface area contributed by atoms with Crippen LogP contribution in [0.4, 0.5) is 10.1 Å². The molecule has 160 valence electrons. The first-order valence-corrected chi connectivity index (χ1v) is 10.5. The van der Waals surface area contributed by atoms with Crippen molar-refractivity contribution in [1.29, 1.82) is 0 Å². The van der Waals surface area contributed by atoms with Crippen LogP contribution in [0.5, 0.6) is 11.5 Å². The van der Waals surface area contributed by atoms with E-state index in [1.165, 1.54) is 28.9 Å². The largest absolute Gasteiger partial charge is 0.497 e. The Kier molecular flexibility index (Phi) is 5.26. The zero-order valence-electron chi connectivity index (χ0n) is 17.6. The monoisotopic (exact) mass is 419 g/mol. The molecule has 3 unspecified atom stereocenters. The predicted octanol–water partition coefficient (Wildman–Crippen LogP) is 4.37. The number of nitrogens with one attached hydrogen (secondary N) is 2. The lowest BCUT2D eigenvalue weighted by molar-refractivity contribution is 0.392. The Labute approximate surface area is 181 Å². The summed E-state index contributed by atoms with van der Waals surface area (Å²) in [5.74, 6) is 1.75. The molecule has 31 heavy (non-hydrogen) atoms. The number of fused-ring (bicyclic) bond motifs is 3. The van der Waals surface area contributed by atoms with E-state index in [4.69, 9.17) is 9.47 Å². The fourth-order valence-corrected chi connectivity index (χ4v) is 4.80. The molecule has 5 rings (SSSR count). The molecule has 0 aromatic heterocycles. The van der Waals surface area contributed by atoms with E-state index in [1.807, 2.05) is 30.3 Å². The molecule has 0 saturated carbocycles. The molecule has 2 aliphatic rings. The summed E-state index contributed by atoms with van der Waals surface area (Å²) in [7, 11) is 3.38. The summed E-state index contributed by atoms with van der Waals surface area (Å²) in [6.45, 7) is 1.64. The van der Waals surface area contributed by atoms with Crippen molar-refractivity contribution in [2.75, 3.05) is 25.7 Å². The quantitative estimate of drug-likeness (QED) is 0.643. The Morgan fingerprint density at radius 3 is 2.42 bits per heavy atom. The molecule has 0 amide bonds. The Morgan fingerprint density at radius 2 is 1.65 bits per heavy atom. The highest BCUT2D eigenvalue weighted by Gasteiger charge is 2.43. The standard InChI is InChI=1S/C25H26FN3O2/c1-30-19-5-3-4-16(12-19)14-29-15-22-24(17-6-8-18(26)9-7-17)27-28-25(22)21-13-20(31-2)10-11-23(21)29/h3-13,22,24-25,27-28H,14-15H2,1-2H3. The first-order chi connectivity index (χ1) is 15.2. The topological polar surface area (TPSA) is 45.8 Å². The molecule has 6 heteroatoms. The van der Waals surface area contributed by atoms with E-state index in [-0.39, 0.29) is 23.8 Å². The highest BCUT2D eigenvalue weighted by atomic mass is 19.1. The van der Waals surface area contributed by atoms with Gasteiger partial charge in [-0.1, -0.05) is 24.3 Å². The second-order valence-corrected chi connectivity index (χ2v) is 8.12. The highest BCUT2D eigenvalue weighted by molar-refractivity contribution is 5.61. The first kappa shape index (κ1) is 19.8. The average Bonchev–Trinajstić information content (AvgIpc) is 3.23. The molecule has 0 aliphatic carbocycles. The van der Waals surface area contributed by atoms with Gasteiger partial charge in [-0.2, -0.15) is 0 Å². The number of ether oxygens (including phenoxy) is 2. The molecule has 2 aliphatic heterocycles. The van der Waals surface area contributed by atoms with Crippen molar-refractivity contribution in [2.45, 2.75) is 18.6 Å². The minimum absolute atomic E-state index is 0.0813. The fourth-order valence-electron chi connectivity index (χ4n) is 4.80. The van der Waals surface area contributed by atoms with E-state index in [2.05, 4.69) is 40.0 Å². The van der Waals surface area contributed by atoms with Crippen molar-refractivity contribution >= 4 is 5.69 Å². The zero-order chi connectivity index (χ0) is 21.4. The van der Waals surface area contributed by atoms with Crippen LogP contribution in [0, 0.1) is 11.7 Å². The summed E-state index contributed by atoms with van der Waals surface area (Å²) < 4.78 is 24.4. The number of hydrazine groups is 1. The van der Waals surface area contributed by atoms with Crippen LogP contribution < -0.4 is 25.2 Å². The molecule has 2 heterocycles. The van der Waals surface area contributed by atoms with Crippen LogP contribution in [0.15, 0.2) is 66.7 Å². The summed E-state index contributed by atoms with van der Waals surface area (Å²) in [5, 5.41) is 0. The van der Waals surface area contributed by atoms with Crippen LogP contribution in [-0.4, -0.2) is 20.8 Å². The van der Waals surface area contributed by atoms with Gasteiger partial charge in [0.2, 0.25) is 0 Å². The maximum absolute atomic E-state index is 13.5. The Bertz CT molecular complexity index is 1070. The summed E-state index contributed by atoms with van der Waals surface area (Å²) in [6, 6.07) is 21.5. The Balaban J connectivity index is 1.51. The van der Waals surface area contributed by atoms with Gasteiger partial charge in [-0.3, -0.25) is 0 Å². The Hall–Kier alpha value is -3.09. The minimum Gasteiger partial charge on any atom is -0.497 e. The number of methoxy groups -OCH3 is 2. The molecule has 0 bridgehead atoms. The van der Waals surface area contributed by atoms with Crippen molar-refractivity contribution in [3.8, 4) is 11.5 Å². The minimum atomic E-state index is -0.218. The van der Waals surface area contributed by atoms with Crippen molar-refractivity contribution in [1.82, 2.24) is 10.9 Å². The fraction of sp³-hybridized carbons (Fsp3) is 0.280. The number of nitrogens with zero attached hydrogens (tertiary/aromatic N) is 1. The maximum atomic E-state index is 13.5. The molecule has 3 atom stereocenters. The third-order valence-corrected chi connectivity index (χ3v) is 6.33. The van der Waals surface area contributed by atoms with Gasteiger partial charge >= 0.3 is 0 Å². The van der Waals surface area contributed by atoms with E-state index in [0.29, 0.717) is 0 Å². The zero-order valence-corrected chi connectivity index (χ0v) is 17.6. The number of benzene rings is 3. The van der Waals surface area contributed by atoms with Gasteiger partial charge in [-0.25, -0.2) is 15.2 Å². The van der Waals surface area contributed by atoms with Crippen LogP contribution in [0.1, 0.15) is 28.8 Å². The number of halogens is 1. The second-order valence-electron chi connectivity index (χ2n) is 8.12. The van der Waals surface area contributed by atoms with Crippen molar-refractivity contribution < 1.29 is 13.9 Å². The van der Waals surface area contributed by atoms with E-state index < -0.39 is 0 Å². The molecule has 0 spiro atoms. The molecule has 5 nitrogen and oxygen atoms in total. The Morgan fingerprint density at radius 1 is 0.903 bits per heavy atom. The van der Waals surface area contributed by atoms with Gasteiger partial charge in [0.15, 0.2) is 0 Å². The molecule has 3 aromatic carbocycles. The molecule has 1 saturated heterocycles. The molecular formula is C25H26FN3O2. The summed E-state index contributed by atoms with van der Waals surface area (Å²) in [6.07, 6.45) is 0. The van der Waals surface area contributed by atoms with E-state index in [1.54, 1.807) is 14.2 Å². The molecule has 1 fully saturated rings. The summed E-state index contributed by atoms with van der Waals surface area (Å²) in [4.78, 5) is 2.41. The van der Waals surface area contributed by atoms with Gasteiger partial charge in [0.1, 0.15) is 17.3 Å². The predicted molar refractivity (Wildman–Crippen MR) is 119 cm³/mol. The van der Waals surface area contributed by atoms with Gasteiger partial charge in [0, 0.05) is 24.7 Å². The van der Waals surface area contributed by atoms with Crippen LogP contribution in [-0.2, 0) is 6.54 Å². The third-order valence-electron chi connectivity index (χ3n) is 6.33. The van der Waals surface area contributed by atoms with Crippen LogP contribution in [0.25, 0.3) is 0 Å². The lowest BCUT2D eigenvalue weighted by Gasteiger charge is -2.39. The van der Waals surface area contributed by atoms with E-state index in [0.717, 1.165) is 30.2 Å². The third kappa shape index (κ3) is 3.73. The molecule has 3 aromatic rings. The molecular weight excluding hydrogens is 393 g/mol. The number of anilines is 1. The maximum Gasteiger partial charge on any atom is 0.123 e. The lowest BCUT2D eigenvalue weighted by Crippen LogP contribution is -2.39. The van der Waals surface area contributed by atoms with Gasteiger partial charge in [0.05, 0.1) is 26.3 Å². The summed E-state index contributed by atoms with van der Waals surface area (Å²) in [5.41, 5.74) is 11.6. The van der Waals surface area contributed by atoms with E-state index in [9.17, 15) is 4.39 Å². The van der Waals surface area contributed by atoms with Crippen molar-refractivity contribution in [3.05, 3.63) is 89.2 Å². The number of hydrogen-bond donors (Lipinski definition) is 2. The molecule has 2 N–H and O–H groups in total. The average molecular weight is 420 g/mol. The summed E-state index contributed by atoms with van der Waals surface area (Å²) >= 11 is 0. The van der Waals surface area contributed by atoms with Gasteiger partial charge in [-0.05, 0) is 59.2 Å². The second kappa shape index (κ2) is 8.21. The SMILES string of the molecule is COc1cccc(CN2CC3C(c4ccc(F)cc4)NNC3c3cc(OC)ccc32)c1. The van der Waals surface area contributed by atoms with Crippen LogP contribution in [0.3, 0.4) is 0 Å². The number of hydrogen-bond acceptors (Lipinski definition) is 5. The van der Waals surface area contributed by atoms with Crippen molar-refractivity contribution in [3.63, 3.8) is 0 Å². The molecule has 0 radical (unpaired) electrons. The van der Waals surface area contributed by atoms with Gasteiger partial charge < -0.3 is 14.4 Å². The smallest absolute Gasteiger partial charge is 0.123 e. The van der Waals surface area contributed by atoms with Crippen molar-refractivity contribution in [2.24, 2.45) is 5.92 Å². The van der Waals surface area contributed by atoms with Crippen LogP contribution >= 0.6 is 0 Å². The van der Waals surface area contributed by atoms with Gasteiger partial charge in [-0.15, -0.1) is 0 Å². The van der Waals surface area contributed by atoms with E-state index >= 15 is 0 Å². The van der Waals surface area contributed by atoms with Gasteiger partial charge in [0.25, 0.3) is 0 Å². The highest BCUT2D eigenvalue weighted by Crippen LogP contribution is 2.46. The first-order valence-electron chi connectivity index (χ1n) is 10.5. The lowest BCUT2D eigenvalue weighted by atomic mass is 9.82. The normalized spacial score (nSPS) is 22.0.